The lowest BCUT2D eigenvalue weighted by Crippen LogP contribution is -2.23. The first-order chi connectivity index (χ1) is 12.2. The minimum absolute atomic E-state index is 0.207. The van der Waals surface area contributed by atoms with Crippen molar-refractivity contribution in [2.45, 2.75) is 19.7 Å². The highest BCUT2D eigenvalue weighted by Crippen LogP contribution is 2.31. The summed E-state index contributed by atoms with van der Waals surface area (Å²) in [4.78, 5) is 2.22. The summed E-state index contributed by atoms with van der Waals surface area (Å²) < 4.78 is 7.72. The third-order valence-corrected chi connectivity index (χ3v) is 4.69. The molecule has 2 aromatic carbocycles. The summed E-state index contributed by atoms with van der Waals surface area (Å²) in [7, 11) is 0. The molecule has 25 heavy (non-hydrogen) atoms. The number of rotatable bonds is 4. The quantitative estimate of drug-likeness (QED) is 0.714. The molecule has 0 aliphatic carbocycles. The number of ether oxygens (including phenoxy) is 1. The van der Waals surface area contributed by atoms with Gasteiger partial charge in [-0.15, -0.1) is 5.10 Å². The third kappa shape index (κ3) is 3.38. The highest BCUT2D eigenvalue weighted by molar-refractivity contribution is 6.31. The van der Waals surface area contributed by atoms with Gasteiger partial charge in [0.25, 0.3) is 0 Å². The van der Waals surface area contributed by atoms with Gasteiger partial charge in [-0.2, -0.15) is 0 Å². The van der Waals surface area contributed by atoms with Crippen LogP contribution in [0.15, 0.2) is 54.7 Å². The molecule has 128 valence electrons. The van der Waals surface area contributed by atoms with Crippen LogP contribution in [0.5, 0.6) is 0 Å². The molecule has 1 aromatic heterocycles. The fourth-order valence-corrected chi connectivity index (χ4v) is 3.29. The Hall–Kier alpha value is -2.37. The first-order valence-electron chi connectivity index (χ1n) is 8.29. The fraction of sp³-hybridized carbons (Fsp3) is 0.263. The van der Waals surface area contributed by atoms with Crippen molar-refractivity contribution in [2.75, 3.05) is 18.1 Å². The zero-order valence-corrected chi connectivity index (χ0v) is 14.7. The van der Waals surface area contributed by atoms with Crippen LogP contribution in [-0.2, 0) is 11.3 Å². The Kier molecular flexibility index (Phi) is 4.42. The van der Waals surface area contributed by atoms with Gasteiger partial charge in [-0.05, 0) is 36.2 Å². The maximum Gasteiger partial charge on any atom is 0.177 e. The van der Waals surface area contributed by atoms with Crippen molar-refractivity contribution in [3.63, 3.8) is 0 Å². The smallest absolute Gasteiger partial charge is 0.177 e. The average molecular weight is 355 g/mol. The largest absolute Gasteiger partial charge is 0.350 e. The van der Waals surface area contributed by atoms with Crippen molar-refractivity contribution in [1.29, 1.82) is 0 Å². The summed E-state index contributed by atoms with van der Waals surface area (Å²) in [6, 6.07) is 16.2. The van der Waals surface area contributed by atoms with Gasteiger partial charge >= 0.3 is 0 Å². The number of aryl methyl sites for hydroxylation is 1. The second-order valence-electron chi connectivity index (χ2n) is 6.19. The van der Waals surface area contributed by atoms with Crippen molar-refractivity contribution in [3.05, 3.63) is 76.6 Å². The van der Waals surface area contributed by atoms with E-state index >= 15 is 0 Å². The molecule has 2 heterocycles. The molecule has 1 aliphatic rings. The average Bonchev–Trinajstić information content (AvgIpc) is 3.26. The van der Waals surface area contributed by atoms with Gasteiger partial charge in [-0.3, -0.25) is 0 Å². The Morgan fingerprint density at radius 2 is 2.08 bits per heavy atom. The molecule has 4 rings (SSSR count). The van der Waals surface area contributed by atoms with Gasteiger partial charge < -0.3 is 9.64 Å². The predicted molar refractivity (Wildman–Crippen MR) is 97.8 cm³/mol. The van der Waals surface area contributed by atoms with Crippen molar-refractivity contribution >= 4 is 17.3 Å². The minimum Gasteiger partial charge on any atom is -0.350 e. The first-order valence-corrected chi connectivity index (χ1v) is 8.67. The van der Waals surface area contributed by atoms with Crippen molar-refractivity contribution in [2.24, 2.45) is 0 Å². The van der Waals surface area contributed by atoms with Gasteiger partial charge in [-0.1, -0.05) is 47.1 Å². The highest BCUT2D eigenvalue weighted by Gasteiger charge is 2.29. The SMILES string of the molecule is Cc1cccc(N2CCO[C@@H]2c2cn(Cc3ccccc3Cl)nn2)c1. The zero-order valence-electron chi connectivity index (χ0n) is 14.0. The molecule has 3 aromatic rings. The van der Waals surface area contributed by atoms with Crippen LogP contribution in [0.2, 0.25) is 5.02 Å². The molecule has 0 radical (unpaired) electrons. The molecule has 1 saturated heterocycles. The highest BCUT2D eigenvalue weighted by atomic mass is 35.5. The molecule has 0 N–H and O–H groups in total. The van der Waals surface area contributed by atoms with Crippen LogP contribution in [0.25, 0.3) is 0 Å². The Balaban J connectivity index is 1.56. The van der Waals surface area contributed by atoms with Crippen LogP contribution in [0.3, 0.4) is 0 Å². The van der Waals surface area contributed by atoms with Crippen LogP contribution < -0.4 is 4.90 Å². The predicted octanol–water partition coefficient (Wildman–Crippen LogP) is 3.82. The number of nitrogens with zero attached hydrogens (tertiary/aromatic N) is 4. The zero-order chi connectivity index (χ0) is 17.2. The van der Waals surface area contributed by atoms with E-state index in [0.717, 1.165) is 28.5 Å². The molecule has 0 saturated carbocycles. The summed E-state index contributed by atoms with van der Waals surface area (Å²) in [5.74, 6) is 0. The van der Waals surface area contributed by atoms with Crippen LogP contribution in [-0.4, -0.2) is 28.1 Å². The van der Waals surface area contributed by atoms with Crippen molar-refractivity contribution in [3.8, 4) is 0 Å². The molecule has 0 unspecified atom stereocenters. The monoisotopic (exact) mass is 354 g/mol. The second kappa shape index (κ2) is 6.86. The Morgan fingerprint density at radius 1 is 1.20 bits per heavy atom. The number of halogens is 1. The van der Waals surface area contributed by atoms with Crippen LogP contribution in [0.4, 0.5) is 5.69 Å². The minimum atomic E-state index is -0.207. The number of anilines is 1. The van der Waals surface area contributed by atoms with Crippen LogP contribution in [0.1, 0.15) is 23.0 Å². The number of hydrogen-bond acceptors (Lipinski definition) is 4. The molecule has 6 heteroatoms. The van der Waals surface area contributed by atoms with Gasteiger partial charge in [0.1, 0.15) is 5.69 Å². The molecule has 0 bridgehead atoms. The number of aromatic nitrogens is 3. The Bertz CT molecular complexity index is 879. The van der Waals surface area contributed by atoms with E-state index in [1.54, 1.807) is 4.68 Å². The van der Waals surface area contributed by atoms with Gasteiger partial charge in [0.2, 0.25) is 0 Å². The second-order valence-corrected chi connectivity index (χ2v) is 6.60. The molecule has 1 atom stereocenters. The first kappa shape index (κ1) is 16.1. The summed E-state index contributed by atoms with van der Waals surface area (Å²) in [5.41, 5.74) is 4.20. The molecule has 1 aliphatic heterocycles. The van der Waals surface area contributed by atoms with E-state index in [0.29, 0.717) is 13.2 Å². The molecule has 0 amide bonds. The summed E-state index contributed by atoms with van der Waals surface area (Å²) in [5, 5.41) is 9.30. The maximum absolute atomic E-state index is 6.23. The topological polar surface area (TPSA) is 43.2 Å². The van der Waals surface area contributed by atoms with E-state index < -0.39 is 0 Å². The molecule has 0 spiro atoms. The number of hydrogen-bond donors (Lipinski definition) is 0. The van der Waals surface area contributed by atoms with Gasteiger partial charge in [0, 0.05) is 17.3 Å². The van der Waals surface area contributed by atoms with E-state index in [-0.39, 0.29) is 6.23 Å². The van der Waals surface area contributed by atoms with E-state index in [1.165, 1.54) is 5.56 Å². The lowest BCUT2D eigenvalue weighted by molar-refractivity contribution is 0.110. The van der Waals surface area contributed by atoms with E-state index in [2.05, 4.69) is 46.4 Å². The fourth-order valence-electron chi connectivity index (χ4n) is 3.09. The molecule has 1 fully saturated rings. The summed E-state index contributed by atoms with van der Waals surface area (Å²) in [6.07, 6.45) is 1.73. The summed E-state index contributed by atoms with van der Waals surface area (Å²) in [6.45, 7) is 4.20. The van der Waals surface area contributed by atoms with Gasteiger partial charge in [-0.25, -0.2) is 4.68 Å². The summed E-state index contributed by atoms with van der Waals surface area (Å²) >= 11 is 6.23. The third-order valence-electron chi connectivity index (χ3n) is 4.32. The molecular weight excluding hydrogens is 336 g/mol. The lowest BCUT2D eigenvalue weighted by Gasteiger charge is -2.23. The van der Waals surface area contributed by atoms with Crippen LogP contribution in [0, 0.1) is 6.92 Å². The van der Waals surface area contributed by atoms with Gasteiger partial charge in [0.05, 0.1) is 19.3 Å². The van der Waals surface area contributed by atoms with E-state index in [9.17, 15) is 0 Å². The molecule has 5 nitrogen and oxygen atoms in total. The van der Waals surface area contributed by atoms with Crippen molar-refractivity contribution < 1.29 is 4.74 Å². The maximum atomic E-state index is 6.23. The van der Waals surface area contributed by atoms with Crippen LogP contribution >= 0.6 is 11.6 Å². The van der Waals surface area contributed by atoms with E-state index in [4.69, 9.17) is 16.3 Å². The van der Waals surface area contributed by atoms with Crippen molar-refractivity contribution in [1.82, 2.24) is 15.0 Å². The number of benzene rings is 2. The standard InChI is InChI=1S/C19H19ClN4O/c1-14-5-4-7-16(11-14)24-9-10-25-19(24)18-13-23(22-21-18)12-15-6-2-3-8-17(15)20/h2-8,11,13,19H,9-10,12H2,1H3/t19-/m1/s1. The molecular formula is C19H19ClN4O. The Labute approximate surface area is 151 Å². The normalized spacial score (nSPS) is 17.2. The Morgan fingerprint density at radius 3 is 2.92 bits per heavy atom. The lowest BCUT2D eigenvalue weighted by atomic mass is 10.2. The van der Waals surface area contributed by atoms with E-state index in [1.807, 2.05) is 30.5 Å². The van der Waals surface area contributed by atoms with Gasteiger partial charge in [0.15, 0.2) is 6.23 Å².